The third kappa shape index (κ3) is 4.92. The number of nitrogens with zero attached hydrogens (tertiary/aromatic N) is 3. The van der Waals surface area contributed by atoms with Crippen molar-refractivity contribution in [3.63, 3.8) is 0 Å². The van der Waals surface area contributed by atoms with Gasteiger partial charge in [0.05, 0.1) is 22.8 Å². The first-order valence-corrected chi connectivity index (χ1v) is 9.99. The van der Waals surface area contributed by atoms with Gasteiger partial charge in [0.15, 0.2) is 0 Å². The largest absolute Gasteiger partial charge is 0.397 e. The number of rotatable bonds is 5. The molecule has 1 atom stereocenters. The topological polar surface area (TPSA) is 97.3 Å². The van der Waals surface area contributed by atoms with Crippen LogP contribution in [0.5, 0.6) is 0 Å². The fraction of sp³-hybridized carbons (Fsp3) is 0.429. The first kappa shape index (κ1) is 21.2. The second-order valence-corrected chi connectivity index (χ2v) is 7.63. The summed E-state index contributed by atoms with van der Waals surface area (Å²) < 4.78 is 5.33. The Hall–Kier alpha value is -2.51. The number of hydrogen-bond donors (Lipinski definition) is 1. The zero-order valence-electron chi connectivity index (χ0n) is 16.6. The van der Waals surface area contributed by atoms with Crippen LogP contribution in [0, 0.1) is 0 Å². The molecule has 0 aliphatic carbocycles. The van der Waals surface area contributed by atoms with E-state index in [9.17, 15) is 9.59 Å². The molecule has 0 saturated carbocycles. The molecule has 29 heavy (non-hydrogen) atoms. The zero-order chi connectivity index (χ0) is 21.0. The van der Waals surface area contributed by atoms with Crippen LogP contribution in [0.3, 0.4) is 0 Å². The zero-order valence-corrected chi connectivity index (χ0v) is 17.4. The summed E-state index contributed by atoms with van der Waals surface area (Å²) in [6, 6.07) is 5.12. The van der Waals surface area contributed by atoms with E-state index >= 15 is 0 Å². The number of hydrogen-bond acceptors (Lipinski definition) is 5. The highest BCUT2D eigenvalue weighted by Gasteiger charge is 2.30. The highest BCUT2D eigenvalue weighted by Crippen LogP contribution is 2.27. The molecule has 1 fully saturated rings. The van der Waals surface area contributed by atoms with Gasteiger partial charge in [0.1, 0.15) is 12.1 Å². The number of fused-ring (bicyclic) bond motifs is 1. The molecule has 1 saturated heterocycles. The Morgan fingerprint density at radius 3 is 2.79 bits per heavy atom. The molecule has 7 nitrogen and oxygen atoms in total. The number of aldehydes is 1. The number of carbonyl (C=O) groups excluding carboxylic acids is 2. The van der Waals surface area contributed by atoms with Gasteiger partial charge < -0.3 is 20.2 Å². The average molecular weight is 417 g/mol. The summed E-state index contributed by atoms with van der Waals surface area (Å²) in [7, 11) is 0. The van der Waals surface area contributed by atoms with E-state index in [0.29, 0.717) is 29.2 Å². The summed E-state index contributed by atoms with van der Waals surface area (Å²) >= 11 is 6.33. The minimum absolute atomic E-state index is 0.182. The molecule has 1 aromatic rings. The molecule has 0 spiro atoms. The molecule has 2 N–H and O–H groups in total. The van der Waals surface area contributed by atoms with Crippen molar-refractivity contribution < 1.29 is 14.3 Å². The Bertz CT molecular complexity index is 888. The molecule has 1 unspecified atom stereocenters. The second kappa shape index (κ2) is 9.33. The average Bonchev–Trinajstić information content (AvgIpc) is 3.07. The number of aliphatic imine (C=N–C) groups is 2. The Labute approximate surface area is 175 Å². The molecular formula is C21H25ClN4O3. The van der Waals surface area contributed by atoms with Crippen molar-refractivity contribution in [3.8, 4) is 0 Å². The van der Waals surface area contributed by atoms with Crippen molar-refractivity contribution in [1.82, 2.24) is 4.90 Å². The van der Waals surface area contributed by atoms with E-state index in [0.717, 1.165) is 37.9 Å². The van der Waals surface area contributed by atoms with E-state index in [1.807, 2.05) is 19.1 Å². The number of halogens is 1. The number of allylic oxidation sites excluding steroid dienone is 1. The number of carbonyl (C=O) groups is 2. The summed E-state index contributed by atoms with van der Waals surface area (Å²) in [5.74, 6) is 0.448. The maximum Gasteiger partial charge on any atom is 0.255 e. The molecule has 8 heteroatoms. The molecule has 0 aromatic heterocycles. The lowest BCUT2D eigenvalue weighted by Gasteiger charge is -2.18. The summed E-state index contributed by atoms with van der Waals surface area (Å²) in [4.78, 5) is 34.0. The summed E-state index contributed by atoms with van der Waals surface area (Å²) in [6.07, 6.45) is 4.02. The molecule has 154 valence electrons. The molecule has 1 aromatic carbocycles. The van der Waals surface area contributed by atoms with Crippen LogP contribution in [-0.2, 0) is 16.1 Å². The molecular weight excluding hydrogens is 392 g/mol. The van der Waals surface area contributed by atoms with Gasteiger partial charge in [0, 0.05) is 31.5 Å². The normalized spacial score (nSPS) is 20.0. The van der Waals surface area contributed by atoms with Crippen LogP contribution >= 0.6 is 11.6 Å². The van der Waals surface area contributed by atoms with Gasteiger partial charge in [-0.25, -0.2) is 4.99 Å². The van der Waals surface area contributed by atoms with E-state index in [4.69, 9.17) is 22.1 Å². The van der Waals surface area contributed by atoms with Gasteiger partial charge >= 0.3 is 0 Å². The van der Waals surface area contributed by atoms with Crippen LogP contribution in [-0.4, -0.2) is 54.4 Å². The first-order chi connectivity index (χ1) is 13.9. The standard InChI is InChI=1S/C21H25ClN4O3/c1-13(12-27)26-11-16-4-3-15(9-18(16)21(26)28)20(23)19(22)10-24-14(2)25-17-5-7-29-8-6-17/h3-4,9-10,12-13,17H,5-8,11,23H2,1-2H3. The Morgan fingerprint density at radius 2 is 2.10 bits per heavy atom. The predicted molar refractivity (Wildman–Crippen MR) is 114 cm³/mol. The SMILES string of the molecule is CC(N=CC(Cl)=C(N)c1ccc2c(c1)C(=O)N(C(C)C=O)C2)=NC1CCOCC1. The minimum atomic E-state index is -0.472. The van der Waals surface area contributed by atoms with Gasteiger partial charge in [-0.2, -0.15) is 0 Å². The molecule has 2 aliphatic heterocycles. The second-order valence-electron chi connectivity index (χ2n) is 7.22. The van der Waals surface area contributed by atoms with Gasteiger partial charge in [0.2, 0.25) is 0 Å². The third-order valence-electron chi connectivity index (χ3n) is 5.12. The highest BCUT2D eigenvalue weighted by atomic mass is 35.5. The lowest BCUT2D eigenvalue weighted by atomic mass is 10.0. The Morgan fingerprint density at radius 1 is 1.38 bits per heavy atom. The lowest BCUT2D eigenvalue weighted by Crippen LogP contribution is -2.34. The van der Waals surface area contributed by atoms with Crippen molar-refractivity contribution in [2.45, 2.75) is 45.3 Å². The third-order valence-corrected chi connectivity index (χ3v) is 5.42. The first-order valence-electron chi connectivity index (χ1n) is 9.61. The van der Waals surface area contributed by atoms with Gasteiger partial charge in [0.25, 0.3) is 5.91 Å². The molecule has 2 aliphatic rings. The van der Waals surface area contributed by atoms with E-state index in [-0.39, 0.29) is 17.0 Å². The number of nitrogens with two attached hydrogens (primary N) is 1. The van der Waals surface area contributed by atoms with Crippen molar-refractivity contribution in [1.29, 1.82) is 0 Å². The van der Waals surface area contributed by atoms with E-state index in [1.165, 1.54) is 11.1 Å². The van der Waals surface area contributed by atoms with Crippen molar-refractivity contribution in [2.75, 3.05) is 13.2 Å². The van der Waals surface area contributed by atoms with Crippen LogP contribution in [0.25, 0.3) is 5.70 Å². The number of ether oxygens (including phenoxy) is 1. The quantitative estimate of drug-likeness (QED) is 0.453. The smallest absolute Gasteiger partial charge is 0.255 e. The molecule has 0 bridgehead atoms. The Kier molecular flexibility index (Phi) is 6.82. The molecule has 1 amide bonds. The number of amides is 1. The maximum atomic E-state index is 12.6. The Balaban J connectivity index is 1.76. The predicted octanol–water partition coefficient (Wildman–Crippen LogP) is 2.76. The van der Waals surface area contributed by atoms with Gasteiger partial charge in [-0.1, -0.05) is 23.7 Å². The van der Waals surface area contributed by atoms with Gasteiger partial charge in [-0.3, -0.25) is 9.79 Å². The molecule has 3 rings (SSSR count). The summed E-state index contributed by atoms with van der Waals surface area (Å²) in [5.41, 5.74) is 8.55. The molecule has 0 radical (unpaired) electrons. The van der Waals surface area contributed by atoms with Crippen LogP contribution in [0.4, 0.5) is 0 Å². The van der Waals surface area contributed by atoms with Gasteiger partial charge in [-0.15, -0.1) is 0 Å². The van der Waals surface area contributed by atoms with Crippen molar-refractivity contribution in [2.24, 2.45) is 15.7 Å². The summed E-state index contributed by atoms with van der Waals surface area (Å²) in [6.45, 7) is 5.37. The van der Waals surface area contributed by atoms with E-state index < -0.39 is 6.04 Å². The number of amidine groups is 1. The van der Waals surface area contributed by atoms with Crippen LogP contribution in [0.1, 0.15) is 48.2 Å². The van der Waals surface area contributed by atoms with Gasteiger partial charge in [-0.05, 0) is 43.9 Å². The number of benzene rings is 1. The maximum absolute atomic E-state index is 12.6. The van der Waals surface area contributed by atoms with Crippen molar-refractivity contribution >= 4 is 41.5 Å². The van der Waals surface area contributed by atoms with Crippen LogP contribution in [0.15, 0.2) is 33.2 Å². The highest BCUT2D eigenvalue weighted by molar-refractivity contribution is 6.42. The van der Waals surface area contributed by atoms with E-state index in [2.05, 4.69) is 9.98 Å². The summed E-state index contributed by atoms with van der Waals surface area (Å²) in [5, 5.41) is 0.273. The minimum Gasteiger partial charge on any atom is -0.397 e. The van der Waals surface area contributed by atoms with E-state index in [1.54, 1.807) is 13.0 Å². The van der Waals surface area contributed by atoms with Crippen LogP contribution < -0.4 is 5.73 Å². The van der Waals surface area contributed by atoms with Crippen LogP contribution in [0.2, 0.25) is 0 Å². The monoisotopic (exact) mass is 416 g/mol. The fourth-order valence-corrected chi connectivity index (χ4v) is 3.52. The van der Waals surface area contributed by atoms with Crippen molar-refractivity contribution in [3.05, 3.63) is 39.9 Å². The fourth-order valence-electron chi connectivity index (χ4n) is 3.36. The lowest BCUT2D eigenvalue weighted by molar-refractivity contribution is -0.111. The molecule has 2 heterocycles.